The first-order chi connectivity index (χ1) is 14.3. The van der Waals surface area contributed by atoms with Crippen molar-refractivity contribution in [3.05, 3.63) is 76.9 Å². The molecule has 1 aliphatic rings. The van der Waals surface area contributed by atoms with Crippen LogP contribution in [0.25, 0.3) is 10.8 Å². The van der Waals surface area contributed by atoms with Crippen molar-refractivity contribution >= 4 is 26.7 Å². The first-order valence-corrected chi connectivity index (χ1v) is 11.6. The number of aryl methyl sites for hydroxylation is 3. The fraction of sp³-hybridized carbons (Fsp3) is 0.292. The summed E-state index contributed by atoms with van der Waals surface area (Å²) in [6.07, 6.45) is 0. The number of sulfonamides is 1. The van der Waals surface area contributed by atoms with Gasteiger partial charge in [-0.15, -0.1) is 0 Å². The zero-order valence-corrected chi connectivity index (χ0v) is 18.4. The highest BCUT2D eigenvalue weighted by Gasteiger charge is 2.32. The van der Waals surface area contributed by atoms with Crippen LogP contribution in [-0.2, 0) is 10.0 Å². The van der Waals surface area contributed by atoms with Crippen LogP contribution in [0, 0.1) is 20.8 Å². The molecule has 6 heteroatoms. The van der Waals surface area contributed by atoms with E-state index in [0.717, 1.165) is 27.5 Å². The number of rotatable bonds is 3. The smallest absolute Gasteiger partial charge is 0.253 e. The lowest BCUT2D eigenvalue weighted by atomic mass is 10.1. The fourth-order valence-corrected chi connectivity index (χ4v) is 6.17. The second kappa shape index (κ2) is 7.85. The van der Waals surface area contributed by atoms with Gasteiger partial charge in [-0.1, -0.05) is 48.0 Å². The van der Waals surface area contributed by atoms with Gasteiger partial charge in [0.2, 0.25) is 10.0 Å². The van der Waals surface area contributed by atoms with Crippen molar-refractivity contribution < 1.29 is 13.2 Å². The van der Waals surface area contributed by atoms with Gasteiger partial charge in [0.25, 0.3) is 5.91 Å². The van der Waals surface area contributed by atoms with E-state index in [-0.39, 0.29) is 5.91 Å². The van der Waals surface area contributed by atoms with Crippen LogP contribution in [0.5, 0.6) is 0 Å². The number of nitrogens with zero attached hydrogens (tertiary/aromatic N) is 2. The van der Waals surface area contributed by atoms with Gasteiger partial charge in [0.05, 0.1) is 4.90 Å². The van der Waals surface area contributed by atoms with Gasteiger partial charge in [-0.25, -0.2) is 8.42 Å². The van der Waals surface area contributed by atoms with Crippen LogP contribution in [0.4, 0.5) is 0 Å². The number of carbonyl (C=O) groups is 1. The first-order valence-electron chi connectivity index (χ1n) is 10.1. The monoisotopic (exact) mass is 422 g/mol. The molecule has 30 heavy (non-hydrogen) atoms. The fourth-order valence-electron chi connectivity index (χ4n) is 4.34. The Morgan fingerprint density at radius 3 is 2.03 bits per heavy atom. The third kappa shape index (κ3) is 3.73. The molecule has 1 amide bonds. The van der Waals surface area contributed by atoms with Gasteiger partial charge < -0.3 is 4.90 Å². The lowest BCUT2D eigenvalue weighted by molar-refractivity contribution is 0.0698. The zero-order chi connectivity index (χ0) is 21.5. The number of benzene rings is 3. The summed E-state index contributed by atoms with van der Waals surface area (Å²) in [6.45, 7) is 7.01. The van der Waals surface area contributed by atoms with E-state index in [4.69, 9.17) is 0 Å². The summed E-state index contributed by atoms with van der Waals surface area (Å²) in [5, 5.41) is 2.11. The highest BCUT2D eigenvalue weighted by Crippen LogP contribution is 2.26. The molecule has 0 bridgehead atoms. The molecule has 4 rings (SSSR count). The Kier molecular flexibility index (Phi) is 5.38. The molecular weight excluding hydrogens is 396 g/mol. The van der Waals surface area contributed by atoms with Gasteiger partial charge in [-0.05, 0) is 54.8 Å². The van der Waals surface area contributed by atoms with Crippen molar-refractivity contribution in [1.29, 1.82) is 0 Å². The average molecular weight is 423 g/mol. The minimum absolute atomic E-state index is 0.0551. The largest absolute Gasteiger partial charge is 0.336 e. The number of piperazine rings is 1. The van der Waals surface area contributed by atoms with Gasteiger partial charge >= 0.3 is 0 Å². The molecule has 5 nitrogen and oxygen atoms in total. The molecule has 0 atom stereocenters. The van der Waals surface area contributed by atoms with Crippen LogP contribution < -0.4 is 0 Å². The van der Waals surface area contributed by atoms with Gasteiger partial charge in [0.1, 0.15) is 0 Å². The maximum Gasteiger partial charge on any atom is 0.253 e. The normalized spacial score (nSPS) is 15.5. The molecule has 156 valence electrons. The summed E-state index contributed by atoms with van der Waals surface area (Å²) >= 11 is 0. The zero-order valence-electron chi connectivity index (χ0n) is 17.6. The Morgan fingerprint density at radius 1 is 0.800 bits per heavy atom. The molecule has 0 spiro atoms. The summed E-state index contributed by atoms with van der Waals surface area (Å²) in [5.74, 6) is -0.0551. The molecule has 3 aromatic carbocycles. The molecule has 0 unspecified atom stereocenters. The summed E-state index contributed by atoms with van der Waals surface area (Å²) in [6, 6.07) is 17.4. The SMILES string of the molecule is Cc1cc(C)c(S(=O)(=O)N2CCN(C(=O)c3ccc4ccccc4c3)CC2)c(C)c1. The summed E-state index contributed by atoms with van der Waals surface area (Å²) in [7, 11) is -3.59. The van der Waals surface area contributed by atoms with Crippen molar-refractivity contribution in [2.75, 3.05) is 26.2 Å². The van der Waals surface area contributed by atoms with Crippen LogP contribution in [0.3, 0.4) is 0 Å². The van der Waals surface area contributed by atoms with Crippen LogP contribution in [0.2, 0.25) is 0 Å². The molecule has 3 aromatic rings. The predicted molar refractivity (Wildman–Crippen MR) is 119 cm³/mol. The molecule has 0 aromatic heterocycles. The lowest BCUT2D eigenvalue weighted by Gasteiger charge is -2.34. The molecule has 0 radical (unpaired) electrons. The molecular formula is C24H26N2O3S. The lowest BCUT2D eigenvalue weighted by Crippen LogP contribution is -2.50. The van der Waals surface area contributed by atoms with E-state index in [9.17, 15) is 13.2 Å². The molecule has 1 saturated heterocycles. The number of amides is 1. The Morgan fingerprint density at radius 2 is 1.40 bits per heavy atom. The highest BCUT2D eigenvalue weighted by molar-refractivity contribution is 7.89. The van der Waals surface area contributed by atoms with Crippen molar-refractivity contribution in [3.63, 3.8) is 0 Å². The Hall–Kier alpha value is -2.70. The maximum absolute atomic E-state index is 13.3. The van der Waals surface area contributed by atoms with E-state index < -0.39 is 10.0 Å². The summed E-state index contributed by atoms with van der Waals surface area (Å²) in [4.78, 5) is 15.1. The molecule has 1 fully saturated rings. The van der Waals surface area contributed by atoms with Crippen molar-refractivity contribution in [2.45, 2.75) is 25.7 Å². The second-order valence-corrected chi connectivity index (χ2v) is 9.86. The third-order valence-corrected chi connectivity index (χ3v) is 7.93. The Bertz CT molecular complexity index is 1200. The van der Waals surface area contributed by atoms with Crippen LogP contribution in [0.15, 0.2) is 59.5 Å². The molecule has 1 heterocycles. The van der Waals surface area contributed by atoms with E-state index in [1.54, 1.807) is 4.90 Å². The van der Waals surface area contributed by atoms with Crippen molar-refractivity contribution in [3.8, 4) is 0 Å². The number of hydrogen-bond acceptors (Lipinski definition) is 3. The van der Waals surface area contributed by atoms with E-state index in [0.29, 0.717) is 36.6 Å². The van der Waals surface area contributed by atoms with Gasteiger partial charge in [0.15, 0.2) is 0 Å². The van der Waals surface area contributed by atoms with Crippen LogP contribution in [-0.4, -0.2) is 49.7 Å². The van der Waals surface area contributed by atoms with Crippen molar-refractivity contribution in [1.82, 2.24) is 9.21 Å². The van der Waals surface area contributed by atoms with E-state index in [1.165, 1.54) is 4.31 Å². The minimum atomic E-state index is -3.59. The van der Waals surface area contributed by atoms with Gasteiger partial charge in [0, 0.05) is 31.7 Å². The topological polar surface area (TPSA) is 57.7 Å². The Labute approximate surface area is 178 Å². The third-order valence-electron chi connectivity index (χ3n) is 5.72. The molecule has 0 saturated carbocycles. The molecule has 0 aliphatic carbocycles. The first kappa shape index (κ1) is 20.6. The van der Waals surface area contributed by atoms with Crippen LogP contribution >= 0.6 is 0 Å². The molecule has 1 aliphatic heterocycles. The number of carbonyl (C=O) groups excluding carboxylic acids is 1. The summed E-state index contributed by atoms with van der Waals surface area (Å²) in [5.41, 5.74) is 3.22. The number of hydrogen-bond donors (Lipinski definition) is 0. The average Bonchev–Trinajstić information content (AvgIpc) is 2.72. The van der Waals surface area contributed by atoms with Gasteiger partial charge in [-0.3, -0.25) is 4.79 Å². The predicted octanol–water partition coefficient (Wildman–Crippen LogP) is 3.91. The van der Waals surface area contributed by atoms with E-state index >= 15 is 0 Å². The highest BCUT2D eigenvalue weighted by atomic mass is 32.2. The van der Waals surface area contributed by atoms with Crippen LogP contribution in [0.1, 0.15) is 27.0 Å². The maximum atomic E-state index is 13.3. The second-order valence-electron chi connectivity index (χ2n) is 7.99. The standard InChI is InChI=1S/C24H26N2O3S/c1-17-14-18(2)23(19(3)15-17)30(28,29)26-12-10-25(11-13-26)24(27)22-9-8-20-6-4-5-7-21(20)16-22/h4-9,14-16H,10-13H2,1-3H3. The quantitative estimate of drug-likeness (QED) is 0.643. The van der Waals surface area contributed by atoms with Crippen molar-refractivity contribution in [2.24, 2.45) is 0 Å². The van der Waals surface area contributed by atoms with E-state index in [1.807, 2.05) is 75.4 Å². The van der Waals surface area contributed by atoms with E-state index in [2.05, 4.69) is 0 Å². The Balaban J connectivity index is 1.51. The van der Waals surface area contributed by atoms with Gasteiger partial charge in [-0.2, -0.15) is 4.31 Å². The summed E-state index contributed by atoms with van der Waals surface area (Å²) < 4.78 is 28.0. The number of fused-ring (bicyclic) bond motifs is 1. The minimum Gasteiger partial charge on any atom is -0.336 e. The molecule has 0 N–H and O–H groups in total.